The Kier molecular flexibility index (Phi) is 6.04. The average molecular weight is 381 g/mol. The van der Waals surface area contributed by atoms with Gasteiger partial charge in [-0.15, -0.1) is 0 Å². The summed E-state index contributed by atoms with van der Waals surface area (Å²) in [6, 6.07) is 0. The van der Waals surface area contributed by atoms with Crippen LogP contribution in [0.25, 0.3) is 11.2 Å². The smallest absolute Gasteiger partial charge is 0.303 e. The van der Waals surface area contributed by atoms with Gasteiger partial charge in [0, 0.05) is 19.4 Å². The summed E-state index contributed by atoms with van der Waals surface area (Å²) in [5.74, 6) is -0.815. The number of nitrogen functional groups attached to an aromatic ring is 1. The molecule has 0 unspecified atom stereocenters. The van der Waals surface area contributed by atoms with Gasteiger partial charge in [0.1, 0.15) is 12.3 Å². The summed E-state index contributed by atoms with van der Waals surface area (Å²) >= 11 is 0. The van der Waals surface area contributed by atoms with Gasteiger partial charge in [0.2, 0.25) is 5.95 Å². The summed E-state index contributed by atoms with van der Waals surface area (Å²) in [7, 11) is 0. The van der Waals surface area contributed by atoms with Crippen molar-refractivity contribution in [2.45, 2.75) is 50.5 Å². The van der Waals surface area contributed by atoms with Crippen LogP contribution in [0.4, 0.5) is 5.95 Å². The van der Waals surface area contributed by atoms with Gasteiger partial charge in [-0.1, -0.05) is 6.42 Å². The number of H-pyrrole nitrogens is 1. The number of aromatic amines is 1. The van der Waals surface area contributed by atoms with Gasteiger partial charge in [0.25, 0.3) is 5.56 Å². The summed E-state index contributed by atoms with van der Waals surface area (Å²) in [4.78, 5) is 32.8. The summed E-state index contributed by atoms with van der Waals surface area (Å²) in [5.41, 5.74) is 5.61. The van der Waals surface area contributed by atoms with E-state index in [1.54, 1.807) is 4.57 Å². The molecule has 27 heavy (non-hydrogen) atoms. The van der Waals surface area contributed by atoms with Crippen LogP contribution < -0.4 is 11.3 Å². The molecule has 0 bridgehead atoms. The zero-order valence-corrected chi connectivity index (χ0v) is 14.7. The third-order valence-electron chi connectivity index (χ3n) is 4.43. The van der Waals surface area contributed by atoms with Crippen LogP contribution in [0, 0.1) is 0 Å². The number of unbranched alkanes of at least 4 members (excludes halogenated alkanes) is 2. The van der Waals surface area contributed by atoms with Gasteiger partial charge in [-0.3, -0.25) is 19.1 Å². The first-order chi connectivity index (χ1) is 13.0. The van der Waals surface area contributed by atoms with Crippen molar-refractivity contribution in [2.24, 2.45) is 0 Å². The molecule has 1 saturated heterocycles. The van der Waals surface area contributed by atoms with Crippen LogP contribution in [0.5, 0.6) is 0 Å². The van der Waals surface area contributed by atoms with E-state index in [-0.39, 0.29) is 24.5 Å². The number of hydrogen-bond donors (Lipinski definition) is 4. The predicted molar refractivity (Wildman–Crippen MR) is 94.0 cm³/mol. The second-order valence-electron chi connectivity index (χ2n) is 6.49. The van der Waals surface area contributed by atoms with E-state index in [1.807, 2.05) is 0 Å². The monoisotopic (exact) mass is 381 g/mol. The summed E-state index contributed by atoms with van der Waals surface area (Å²) in [6.45, 7) is 0.692. The van der Waals surface area contributed by atoms with Gasteiger partial charge in [-0.2, -0.15) is 4.98 Å². The number of carboxylic acids is 1. The minimum atomic E-state index is -0.797. The number of carbonyl (C=O) groups is 1. The van der Waals surface area contributed by atoms with Crippen LogP contribution in [-0.2, 0) is 14.3 Å². The Labute approximate surface area is 154 Å². The number of ether oxygens (including phenoxy) is 2. The van der Waals surface area contributed by atoms with Gasteiger partial charge < -0.3 is 25.4 Å². The van der Waals surface area contributed by atoms with Crippen LogP contribution >= 0.6 is 0 Å². The molecule has 5 N–H and O–H groups in total. The molecule has 2 aromatic heterocycles. The van der Waals surface area contributed by atoms with Crippen LogP contribution in [0.3, 0.4) is 0 Å². The molecule has 1 aliphatic heterocycles. The fourth-order valence-corrected chi connectivity index (χ4v) is 3.05. The molecule has 0 radical (unpaired) electrons. The number of aliphatic hydroxyl groups is 1. The first-order valence-electron chi connectivity index (χ1n) is 8.81. The van der Waals surface area contributed by atoms with E-state index in [2.05, 4.69) is 15.0 Å². The second kappa shape index (κ2) is 8.46. The highest BCUT2D eigenvalue weighted by Crippen LogP contribution is 2.30. The second-order valence-corrected chi connectivity index (χ2v) is 6.49. The number of aliphatic hydroxyl groups excluding tert-OH is 1. The summed E-state index contributed by atoms with van der Waals surface area (Å²) in [5, 5.41) is 18.8. The molecule has 3 atom stereocenters. The van der Waals surface area contributed by atoms with Crippen molar-refractivity contribution in [2.75, 3.05) is 18.9 Å². The highest BCUT2D eigenvalue weighted by molar-refractivity contribution is 5.70. The Morgan fingerprint density at radius 1 is 1.44 bits per heavy atom. The highest BCUT2D eigenvalue weighted by Gasteiger charge is 2.36. The van der Waals surface area contributed by atoms with Crippen molar-refractivity contribution in [1.82, 2.24) is 19.5 Å². The fourth-order valence-electron chi connectivity index (χ4n) is 3.05. The Hall–Kier alpha value is -2.50. The van der Waals surface area contributed by atoms with Gasteiger partial charge in [0.15, 0.2) is 11.2 Å². The maximum Gasteiger partial charge on any atom is 0.303 e. The predicted octanol–water partition coefficient (Wildman–Crippen LogP) is 0.0118. The van der Waals surface area contributed by atoms with E-state index < -0.39 is 30.0 Å². The van der Waals surface area contributed by atoms with E-state index in [0.29, 0.717) is 25.1 Å². The number of fused-ring (bicyclic) bond motifs is 1. The van der Waals surface area contributed by atoms with Crippen LogP contribution in [0.1, 0.15) is 38.3 Å². The first kappa shape index (κ1) is 19.3. The summed E-state index contributed by atoms with van der Waals surface area (Å²) in [6.07, 6.45) is 2.29. The molecular weight excluding hydrogens is 358 g/mol. The number of hydrogen-bond acceptors (Lipinski definition) is 8. The number of nitrogens with one attached hydrogen (secondary N) is 1. The molecule has 1 fully saturated rings. The minimum absolute atomic E-state index is 0.0180. The van der Waals surface area contributed by atoms with Gasteiger partial charge in [-0.05, 0) is 12.8 Å². The quantitative estimate of drug-likeness (QED) is 0.438. The number of nitrogens with two attached hydrogens (primary N) is 1. The molecule has 11 heteroatoms. The SMILES string of the molecule is Nc1nc2c(ncn2[C@H]2C[C@H](O)[C@@H](COCCCCCC(=O)O)O2)c(=O)[nH]1. The maximum atomic E-state index is 11.8. The van der Waals surface area contributed by atoms with Crippen molar-refractivity contribution in [3.8, 4) is 0 Å². The lowest BCUT2D eigenvalue weighted by Crippen LogP contribution is -2.26. The van der Waals surface area contributed by atoms with Gasteiger partial charge in [0.05, 0.1) is 19.0 Å². The number of aromatic nitrogens is 4. The van der Waals surface area contributed by atoms with E-state index >= 15 is 0 Å². The topological polar surface area (TPSA) is 166 Å². The van der Waals surface area contributed by atoms with E-state index in [1.165, 1.54) is 6.33 Å². The van der Waals surface area contributed by atoms with E-state index in [4.69, 9.17) is 20.3 Å². The molecule has 0 spiro atoms. The molecule has 11 nitrogen and oxygen atoms in total. The fraction of sp³-hybridized carbons (Fsp3) is 0.625. The molecular formula is C16H23N5O6. The molecule has 0 saturated carbocycles. The van der Waals surface area contributed by atoms with Crippen LogP contribution in [0.2, 0.25) is 0 Å². The molecule has 3 heterocycles. The van der Waals surface area contributed by atoms with Gasteiger partial charge >= 0.3 is 5.97 Å². The molecule has 3 rings (SSSR count). The zero-order chi connectivity index (χ0) is 19.4. The highest BCUT2D eigenvalue weighted by atomic mass is 16.6. The lowest BCUT2D eigenvalue weighted by Gasteiger charge is -2.16. The van der Waals surface area contributed by atoms with Crippen molar-refractivity contribution >= 4 is 23.1 Å². The molecule has 148 valence electrons. The first-order valence-corrected chi connectivity index (χ1v) is 8.81. The summed E-state index contributed by atoms with van der Waals surface area (Å²) < 4.78 is 13.0. The number of carboxylic acid groups (broad SMARTS) is 1. The molecule has 0 aromatic carbocycles. The molecule has 2 aromatic rings. The number of anilines is 1. The number of rotatable bonds is 9. The normalized spacial score (nSPS) is 22.5. The Balaban J connectivity index is 1.51. The maximum absolute atomic E-state index is 11.8. The Morgan fingerprint density at radius 3 is 3.04 bits per heavy atom. The number of aliphatic carboxylic acids is 1. The third-order valence-corrected chi connectivity index (χ3v) is 4.43. The van der Waals surface area contributed by atoms with Crippen LogP contribution in [0.15, 0.2) is 11.1 Å². The zero-order valence-electron chi connectivity index (χ0n) is 14.7. The van der Waals surface area contributed by atoms with Crippen molar-refractivity contribution in [3.63, 3.8) is 0 Å². The lowest BCUT2D eigenvalue weighted by atomic mass is 10.2. The minimum Gasteiger partial charge on any atom is -0.481 e. The van der Waals surface area contributed by atoms with Crippen molar-refractivity contribution < 1.29 is 24.5 Å². The van der Waals surface area contributed by atoms with E-state index in [0.717, 1.165) is 12.8 Å². The average Bonchev–Trinajstić information content (AvgIpc) is 3.17. The van der Waals surface area contributed by atoms with E-state index in [9.17, 15) is 14.7 Å². The molecule has 0 amide bonds. The number of imidazole rings is 1. The standard InChI is InChI=1S/C16H23N5O6/c17-16-19-14-13(15(25)20-16)18-8-21(14)11-6-9(22)10(27-11)7-26-5-3-1-2-4-12(23)24/h8-11,22H,1-7H2,(H,23,24)(H3,17,19,20,25)/t9-,10+,11+/m0/s1. The van der Waals surface area contributed by atoms with Crippen LogP contribution in [-0.4, -0.2) is 61.1 Å². The molecule has 1 aliphatic rings. The Morgan fingerprint density at radius 2 is 2.26 bits per heavy atom. The van der Waals surface area contributed by atoms with Gasteiger partial charge in [-0.25, -0.2) is 4.98 Å². The largest absolute Gasteiger partial charge is 0.481 e. The Bertz CT molecular complexity index is 849. The van der Waals surface area contributed by atoms with Crippen molar-refractivity contribution in [1.29, 1.82) is 0 Å². The lowest BCUT2D eigenvalue weighted by molar-refractivity contribution is -0.137. The third kappa shape index (κ3) is 4.62. The van der Waals surface area contributed by atoms with Crippen molar-refractivity contribution in [3.05, 3.63) is 16.7 Å². The number of nitrogens with zero attached hydrogens (tertiary/aromatic N) is 3. The molecule has 0 aliphatic carbocycles.